The lowest BCUT2D eigenvalue weighted by Gasteiger charge is -2.31. The Morgan fingerprint density at radius 3 is 3.05 bits per heavy atom. The third kappa shape index (κ3) is 3.75. The second-order valence-electron chi connectivity index (χ2n) is 4.96. The number of likely N-dealkylation sites (tertiary alicyclic amines) is 1. The van der Waals surface area contributed by atoms with Crippen molar-refractivity contribution in [2.45, 2.75) is 19.4 Å². The van der Waals surface area contributed by atoms with Crippen molar-refractivity contribution in [1.29, 1.82) is 0 Å². The Labute approximate surface area is 113 Å². The first-order valence-electron chi connectivity index (χ1n) is 6.59. The normalized spacial score (nSPS) is 20.2. The third-order valence-electron chi connectivity index (χ3n) is 3.49. The number of ether oxygens (including phenoxy) is 1. The molecule has 0 amide bonds. The molecule has 0 spiro atoms. The van der Waals surface area contributed by atoms with Gasteiger partial charge >= 0.3 is 5.97 Å². The summed E-state index contributed by atoms with van der Waals surface area (Å²) in [6.45, 7) is 2.97. The molecule has 1 aromatic rings. The van der Waals surface area contributed by atoms with Crippen LogP contribution in [-0.2, 0) is 11.3 Å². The Morgan fingerprint density at radius 2 is 2.42 bits per heavy atom. The summed E-state index contributed by atoms with van der Waals surface area (Å²) < 4.78 is 4.64. The van der Waals surface area contributed by atoms with Gasteiger partial charge in [0.15, 0.2) is 0 Å². The highest BCUT2D eigenvalue weighted by Crippen LogP contribution is 2.17. The Kier molecular flexibility index (Phi) is 4.87. The van der Waals surface area contributed by atoms with Gasteiger partial charge in [-0.05, 0) is 37.4 Å². The van der Waals surface area contributed by atoms with E-state index in [0.717, 1.165) is 38.2 Å². The number of aliphatic hydroxyl groups is 1. The molecule has 0 saturated carbocycles. The molecule has 1 aliphatic rings. The van der Waals surface area contributed by atoms with Crippen LogP contribution in [0.2, 0.25) is 0 Å². The van der Waals surface area contributed by atoms with Crippen LogP contribution in [0.4, 0.5) is 0 Å². The molecule has 2 rings (SSSR count). The highest BCUT2D eigenvalue weighted by molar-refractivity contribution is 5.88. The van der Waals surface area contributed by atoms with Crippen LogP contribution < -0.4 is 0 Å². The quantitative estimate of drug-likeness (QED) is 0.824. The predicted octanol–water partition coefficient (Wildman–Crippen LogP) is 1.07. The topological polar surface area (TPSA) is 62.7 Å². The molecular weight excluding hydrogens is 244 g/mol. The number of aliphatic hydroxyl groups excluding tert-OH is 1. The summed E-state index contributed by atoms with van der Waals surface area (Å²) >= 11 is 0. The number of hydrogen-bond donors (Lipinski definition) is 1. The molecule has 0 aliphatic carbocycles. The van der Waals surface area contributed by atoms with Crippen LogP contribution in [0.1, 0.15) is 28.9 Å². The fraction of sp³-hybridized carbons (Fsp3) is 0.571. The zero-order valence-electron chi connectivity index (χ0n) is 11.2. The van der Waals surface area contributed by atoms with Crippen LogP contribution in [0, 0.1) is 5.92 Å². The van der Waals surface area contributed by atoms with Crippen molar-refractivity contribution in [3.05, 3.63) is 29.6 Å². The molecule has 1 atom stereocenters. The highest BCUT2D eigenvalue weighted by atomic mass is 16.5. The maximum atomic E-state index is 11.3. The first-order valence-corrected chi connectivity index (χ1v) is 6.59. The lowest BCUT2D eigenvalue weighted by atomic mass is 9.99. The molecule has 1 aliphatic heterocycles. The zero-order valence-corrected chi connectivity index (χ0v) is 11.2. The molecular formula is C14H20N2O3. The van der Waals surface area contributed by atoms with Gasteiger partial charge in [-0.25, -0.2) is 4.79 Å². The average molecular weight is 264 g/mol. The van der Waals surface area contributed by atoms with E-state index in [1.807, 2.05) is 6.07 Å². The summed E-state index contributed by atoms with van der Waals surface area (Å²) in [5.41, 5.74) is 1.41. The number of hydrogen-bond acceptors (Lipinski definition) is 5. The first kappa shape index (κ1) is 14.0. The molecule has 1 fully saturated rings. The average Bonchev–Trinajstić information content (AvgIpc) is 2.47. The van der Waals surface area contributed by atoms with Gasteiger partial charge in [0.1, 0.15) is 0 Å². The summed E-state index contributed by atoms with van der Waals surface area (Å²) in [7, 11) is 1.36. The number of piperidine rings is 1. The number of pyridine rings is 1. The van der Waals surface area contributed by atoms with Gasteiger partial charge in [0.25, 0.3) is 0 Å². The van der Waals surface area contributed by atoms with Gasteiger partial charge in [0.05, 0.1) is 18.4 Å². The molecule has 1 saturated heterocycles. The summed E-state index contributed by atoms with van der Waals surface area (Å²) in [5.74, 6) is 0.0143. The molecule has 5 nitrogen and oxygen atoms in total. The number of rotatable bonds is 4. The number of carbonyl (C=O) groups excluding carboxylic acids is 1. The van der Waals surface area contributed by atoms with Crippen molar-refractivity contribution >= 4 is 5.97 Å². The largest absolute Gasteiger partial charge is 0.465 e. The van der Waals surface area contributed by atoms with Crippen LogP contribution in [0.5, 0.6) is 0 Å². The number of aromatic nitrogens is 1. The van der Waals surface area contributed by atoms with E-state index in [-0.39, 0.29) is 12.6 Å². The molecule has 1 unspecified atom stereocenters. The smallest absolute Gasteiger partial charge is 0.339 e. The monoisotopic (exact) mass is 264 g/mol. The summed E-state index contributed by atoms with van der Waals surface area (Å²) in [6, 6.07) is 3.59. The van der Waals surface area contributed by atoms with Crippen LogP contribution >= 0.6 is 0 Å². The number of nitrogens with zero attached hydrogens (tertiary/aromatic N) is 2. The van der Waals surface area contributed by atoms with E-state index in [0.29, 0.717) is 11.5 Å². The zero-order chi connectivity index (χ0) is 13.7. The minimum atomic E-state index is -0.364. The van der Waals surface area contributed by atoms with Crippen LogP contribution in [0.3, 0.4) is 0 Å². The second kappa shape index (κ2) is 6.63. The SMILES string of the molecule is COC(=O)c1ccc(CN2CCCC(CO)C2)nc1. The molecule has 1 N–H and O–H groups in total. The molecule has 1 aromatic heterocycles. The Balaban J connectivity index is 1.94. The fourth-order valence-electron chi connectivity index (χ4n) is 2.43. The third-order valence-corrected chi connectivity index (χ3v) is 3.49. The van der Waals surface area contributed by atoms with Gasteiger partial charge in [0, 0.05) is 25.9 Å². The van der Waals surface area contributed by atoms with Crippen molar-refractivity contribution < 1.29 is 14.6 Å². The molecule has 5 heteroatoms. The van der Waals surface area contributed by atoms with E-state index in [1.54, 1.807) is 12.3 Å². The number of esters is 1. The maximum Gasteiger partial charge on any atom is 0.339 e. The molecule has 0 bridgehead atoms. The number of carbonyl (C=O) groups is 1. The summed E-state index contributed by atoms with van der Waals surface area (Å²) in [6.07, 6.45) is 3.77. The van der Waals surface area contributed by atoms with Crippen molar-refractivity contribution in [3.63, 3.8) is 0 Å². The molecule has 104 valence electrons. The predicted molar refractivity (Wildman–Crippen MR) is 70.7 cm³/mol. The van der Waals surface area contributed by atoms with Crippen molar-refractivity contribution in [1.82, 2.24) is 9.88 Å². The van der Waals surface area contributed by atoms with Gasteiger partial charge in [-0.2, -0.15) is 0 Å². The molecule has 0 radical (unpaired) electrons. The van der Waals surface area contributed by atoms with Gasteiger partial charge in [-0.3, -0.25) is 9.88 Å². The van der Waals surface area contributed by atoms with Gasteiger partial charge in [0.2, 0.25) is 0 Å². The van der Waals surface area contributed by atoms with E-state index in [9.17, 15) is 9.90 Å². The van der Waals surface area contributed by atoms with Gasteiger partial charge in [-0.15, -0.1) is 0 Å². The van der Waals surface area contributed by atoms with E-state index >= 15 is 0 Å². The Hall–Kier alpha value is -1.46. The Morgan fingerprint density at radius 1 is 1.58 bits per heavy atom. The van der Waals surface area contributed by atoms with Crippen molar-refractivity contribution in [2.75, 3.05) is 26.8 Å². The number of methoxy groups -OCH3 is 1. The standard InChI is InChI=1S/C14H20N2O3/c1-19-14(18)12-4-5-13(15-7-12)9-16-6-2-3-11(8-16)10-17/h4-5,7,11,17H,2-3,6,8-10H2,1H3. The van der Waals surface area contributed by atoms with E-state index in [2.05, 4.69) is 14.6 Å². The molecule has 0 aromatic carbocycles. The van der Waals surface area contributed by atoms with Crippen LogP contribution in [0.25, 0.3) is 0 Å². The summed E-state index contributed by atoms with van der Waals surface area (Å²) in [4.78, 5) is 17.9. The maximum absolute atomic E-state index is 11.3. The van der Waals surface area contributed by atoms with Crippen LogP contribution in [-0.4, -0.2) is 47.8 Å². The van der Waals surface area contributed by atoms with Gasteiger partial charge < -0.3 is 9.84 Å². The first-order chi connectivity index (χ1) is 9.22. The molecule has 2 heterocycles. The molecule has 19 heavy (non-hydrogen) atoms. The fourth-order valence-corrected chi connectivity index (χ4v) is 2.43. The highest BCUT2D eigenvalue weighted by Gasteiger charge is 2.19. The lowest BCUT2D eigenvalue weighted by molar-refractivity contribution is 0.0600. The van der Waals surface area contributed by atoms with Crippen molar-refractivity contribution in [2.24, 2.45) is 5.92 Å². The van der Waals surface area contributed by atoms with Crippen molar-refractivity contribution in [3.8, 4) is 0 Å². The minimum absolute atomic E-state index is 0.255. The van der Waals surface area contributed by atoms with E-state index in [4.69, 9.17) is 0 Å². The minimum Gasteiger partial charge on any atom is -0.465 e. The lowest BCUT2D eigenvalue weighted by Crippen LogP contribution is -2.36. The summed E-state index contributed by atoms with van der Waals surface area (Å²) in [5, 5.41) is 9.21. The van der Waals surface area contributed by atoms with Crippen LogP contribution in [0.15, 0.2) is 18.3 Å². The van der Waals surface area contributed by atoms with E-state index in [1.165, 1.54) is 7.11 Å². The Bertz CT molecular complexity index is 419. The van der Waals surface area contributed by atoms with Gasteiger partial charge in [-0.1, -0.05) is 0 Å². The second-order valence-corrected chi connectivity index (χ2v) is 4.96. The van der Waals surface area contributed by atoms with E-state index < -0.39 is 0 Å².